The number of aliphatic hydroxyl groups excluding tert-OH is 5. The van der Waals surface area contributed by atoms with Crippen molar-refractivity contribution in [2.24, 2.45) is 0 Å². The molecule has 0 fully saturated rings. The third-order valence-corrected chi connectivity index (χ3v) is 2.75. The Morgan fingerprint density at radius 2 is 1.75 bits per heavy atom. The van der Waals surface area contributed by atoms with Gasteiger partial charge in [-0.05, 0) is 19.4 Å². The molecular formula is C10H20O6. The molecule has 0 saturated carbocycles. The lowest BCUT2D eigenvalue weighted by atomic mass is 9.85. The molecule has 6 nitrogen and oxygen atoms in total. The first-order valence-electron chi connectivity index (χ1n) is 4.96. The average molecular weight is 236 g/mol. The first-order valence-corrected chi connectivity index (χ1v) is 4.96. The molecule has 6 heteroatoms. The van der Waals surface area contributed by atoms with E-state index in [0.29, 0.717) is 0 Å². The average Bonchev–Trinajstić information content (AvgIpc) is 2.33. The van der Waals surface area contributed by atoms with Crippen LogP contribution in [0.1, 0.15) is 13.8 Å². The first-order chi connectivity index (χ1) is 7.34. The van der Waals surface area contributed by atoms with Gasteiger partial charge in [-0.2, -0.15) is 0 Å². The Labute approximate surface area is 94.1 Å². The summed E-state index contributed by atoms with van der Waals surface area (Å²) in [6, 6.07) is 0. The molecule has 0 aliphatic rings. The Morgan fingerprint density at radius 1 is 1.25 bits per heavy atom. The molecule has 96 valence electrons. The molecule has 0 aliphatic heterocycles. The molecular weight excluding hydrogens is 216 g/mol. The highest BCUT2D eigenvalue weighted by molar-refractivity contribution is 5.17. The summed E-state index contributed by atoms with van der Waals surface area (Å²) in [7, 11) is 0. The van der Waals surface area contributed by atoms with E-state index in [9.17, 15) is 15.3 Å². The lowest BCUT2D eigenvalue weighted by Crippen LogP contribution is -2.56. The maximum atomic E-state index is 9.95. The van der Waals surface area contributed by atoms with Gasteiger partial charge in [0.05, 0.1) is 13.2 Å². The minimum absolute atomic E-state index is 0.256. The van der Waals surface area contributed by atoms with Gasteiger partial charge in [-0.25, -0.2) is 0 Å². The van der Waals surface area contributed by atoms with Crippen LogP contribution in [0.2, 0.25) is 0 Å². The molecule has 0 aromatic carbocycles. The fraction of sp³-hybridized carbons (Fsp3) is 0.800. The van der Waals surface area contributed by atoms with E-state index in [-0.39, 0.29) is 5.57 Å². The molecule has 4 atom stereocenters. The van der Waals surface area contributed by atoms with Gasteiger partial charge in [-0.3, -0.25) is 0 Å². The van der Waals surface area contributed by atoms with Crippen LogP contribution in [0.15, 0.2) is 11.6 Å². The first kappa shape index (κ1) is 15.5. The molecule has 0 aliphatic carbocycles. The Hall–Kier alpha value is -0.500. The van der Waals surface area contributed by atoms with Crippen molar-refractivity contribution in [1.82, 2.24) is 0 Å². The minimum Gasteiger partial charge on any atom is -0.394 e. The summed E-state index contributed by atoms with van der Waals surface area (Å²) in [5.41, 5.74) is -1.78. The van der Waals surface area contributed by atoms with E-state index < -0.39 is 37.1 Å². The predicted molar refractivity (Wildman–Crippen MR) is 56.6 cm³/mol. The second-order valence-electron chi connectivity index (χ2n) is 3.74. The Morgan fingerprint density at radius 3 is 2.06 bits per heavy atom. The van der Waals surface area contributed by atoms with Crippen molar-refractivity contribution in [1.29, 1.82) is 0 Å². The van der Waals surface area contributed by atoms with Crippen molar-refractivity contribution in [2.75, 3.05) is 13.2 Å². The Kier molecular flexibility index (Phi) is 6.09. The van der Waals surface area contributed by atoms with Gasteiger partial charge in [-0.15, -0.1) is 0 Å². The summed E-state index contributed by atoms with van der Waals surface area (Å²) in [4.78, 5) is 0. The third kappa shape index (κ3) is 3.00. The van der Waals surface area contributed by atoms with Crippen molar-refractivity contribution in [2.45, 2.75) is 37.8 Å². The zero-order chi connectivity index (χ0) is 12.9. The molecule has 0 rings (SSSR count). The van der Waals surface area contributed by atoms with Crippen LogP contribution in [0.25, 0.3) is 0 Å². The normalized spacial score (nSPS) is 22.4. The van der Waals surface area contributed by atoms with Gasteiger partial charge < -0.3 is 30.6 Å². The number of rotatable bonds is 6. The highest BCUT2D eigenvalue weighted by Gasteiger charge is 2.43. The van der Waals surface area contributed by atoms with Crippen molar-refractivity contribution >= 4 is 0 Å². The maximum absolute atomic E-state index is 9.95. The second-order valence-corrected chi connectivity index (χ2v) is 3.74. The van der Waals surface area contributed by atoms with E-state index in [4.69, 9.17) is 15.3 Å². The standard InChI is InChI=1S/C10H20O6/c1-3-6(2)10(16,5-12)9(15)8(14)7(13)4-11/h3,7-9,11-16H,4-5H2,1-2H3/t7-,8-,9+,10-/m1/s1. The minimum atomic E-state index is -2.04. The number of aliphatic hydroxyl groups is 6. The zero-order valence-electron chi connectivity index (χ0n) is 9.41. The van der Waals surface area contributed by atoms with Gasteiger partial charge in [0, 0.05) is 0 Å². The van der Waals surface area contributed by atoms with E-state index in [0.717, 1.165) is 0 Å². The van der Waals surface area contributed by atoms with Crippen molar-refractivity contribution in [3.05, 3.63) is 11.6 Å². The van der Waals surface area contributed by atoms with E-state index in [1.165, 1.54) is 13.0 Å². The van der Waals surface area contributed by atoms with Crippen LogP contribution in [0.5, 0.6) is 0 Å². The van der Waals surface area contributed by atoms with Gasteiger partial charge in [0.25, 0.3) is 0 Å². The number of hydrogen-bond donors (Lipinski definition) is 6. The van der Waals surface area contributed by atoms with E-state index in [1.807, 2.05) is 0 Å². The van der Waals surface area contributed by atoms with Gasteiger partial charge >= 0.3 is 0 Å². The highest BCUT2D eigenvalue weighted by atomic mass is 16.4. The predicted octanol–water partition coefficient (Wildman–Crippen LogP) is -2.25. The molecule has 16 heavy (non-hydrogen) atoms. The summed E-state index contributed by atoms with van der Waals surface area (Å²) < 4.78 is 0. The lowest BCUT2D eigenvalue weighted by Gasteiger charge is -2.36. The van der Waals surface area contributed by atoms with E-state index >= 15 is 0 Å². The Bertz CT molecular complexity index is 241. The van der Waals surface area contributed by atoms with E-state index in [2.05, 4.69) is 0 Å². The van der Waals surface area contributed by atoms with Gasteiger partial charge in [0.15, 0.2) is 0 Å². The molecule has 0 spiro atoms. The maximum Gasteiger partial charge on any atom is 0.137 e. The smallest absolute Gasteiger partial charge is 0.137 e. The van der Waals surface area contributed by atoms with Crippen LogP contribution in [-0.2, 0) is 0 Å². The third-order valence-electron chi connectivity index (χ3n) is 2.75. The summed E-state index contributed by atoms with van der Waals surface area (Å²) in [5, 5.41) is 55.9. The fourth-order valence-electron chi connectivity index (χ4n) is 1.30. The summed E-state index contributed by atoms with van der Waals surface area (Å²) in [6.07, 6.45) is -3.66. The van der Waals surface area contributed by atoms with Crippen molar-refractivity contribution in [3.63, 3.8) is 0 Å². The van der Waals surface area contributed by atoms with Crippen LogP contribution in [0, 0.1) is 0 Å². The second kappa shape index (κ2) is 6.29. The van der Waals surface area contributed by atoms with Gasteiger partial charge in [0.1, 0.15) is 23.9 Å². The molecule has 0 unspecified atom stereocenters. The SMILES string of the molecule is CC=C(C)[C@](O)(CO)[C@@H](O)[C@H](O)[C@H](O)CO. The van der Waals surface area contributed by atoms with Crippen LogP contribution >= 0.6 is 0 Å². The van der Waals surface area contributed by atoms with Gasteiger partial charge in [0.2, 0.25) is 0 Å². The van der Waals surface area contributed by atoms with Crippen LogP contribution < -0.4 is 0 Å². The summed E-state index contributed by atoms with van der Waals surface area (Å²) in [6.45, 7) is 1.50. The molecule has 0 aromatic heterocycles. The summed E-state index contributed by atoms with van der Waals surface area (Å²) in [5.74, 6) is 0. The molecule has 0 bridgehead atoms. The number of hydrogen-bond acceptors (Lipinski definition) is 6. The molecule has 0 saturated heterocycles. The Balaban J connectivity index is 4.97. The topological polar surface area (TPSA) is 121 Å². The fourth-order valence-corrected chi connectivity index (χ4v) is 1.30. The van der Waals surface area contributed by atoms with Crippen LogP contribution in [0.4, 0.5) is 0 Å². The van der Waals surface area contributed by atoms with Gasteiger partial charge in [-0.1, -0.05) is 6.08 Å². The van der Waals surface area contributed by atoms with E-state index in [1.54, 1.807) is 6.92 Å². The quantitative estimate of drug-likeness (QED) is 0.290. The van der Waals surface area contributed by atoms with Crippen molar-refractivity contribution in [3.8, 4) is 0 Å². The highest BCUT2D eigenvalue weighted by Crippen LogP contribution is 2.24. The van der Waals surface area contributed by atoms with Crippen LogP contribution in [0.3, 0.4) is 0 Å². The molecule has 6 N–H and O–H groups in total. The largest absolute Gasteiger partial charge is 0.394 e. The molecule has 0 radical (unpaired) electrons. The zero-order valence-corrected chi connectivity index (χ0v) is 9.41. The van der Waals surface area contributed by atoms with Crippen LogP contribution in [-0.4, -0.2) is 67.8 Å². The summed E-state index contributed by atoms with van der Waals surface area (Å²) >= 11 is 0. The number of allylic oxidation sites excluding steroid dienone is 1. The molecule has 0 aromatic rings. The molecule has 0 heterocycles. The molecule has 0 amide bonds. The van der Waals surface area contributed by atoms with Crippen molar-refractivity contribution < 1.29 is 30.6 Å². The lowest BCUT2D eigenvalue weighted by molar-refractivity contribution is -0.156. The monoisotopic (exact) mass is 236 g/mol.